The zero-order chi connectivity index (χ0) is 20.8. The number of nitrogens with one attached hydrogen (secondary N) is 1. The molecule has 0 spiro atoms. The minimum atomic E-state index is -2.92. The molecule has 2 aromatic carbocycles. The van der Waals surface area contributed by atoms with E-state index < -0.39 is 31.2 Å². The third kappa shape index (κ3) is 5.18. The van der Waals surface area contributed by atoms with E-state index in [9.17, 15) is 23.2 Å². The number of amides is 2. The van der Waals surface area contributed by atoms with Gasteiger partial charge < -0.3 is 19.5 Å². The monoisotopic (exact) mass is 406 g/mol. The van der Waals surface area contributed by atoms with Gasteiger partial charge in [-0.15, -0.1) is 0 Å². The third-order valence-electron chi connectivity index (χ3n) is 3.89. The van der Waals surface area contributed by atoms with E-state index in [1.807, 2.05) is 0 Å². The quantitative estimate of drug-likeness (QED) is 0.706. The molecule has 2 amide bonds. The summed E-state index contributed by atoms with van der Waals surface area (Å²) in [5.41, 5.74) is 1.05. The van der Waals surface area contributed by atoms with Crippen LogP contribution >= 0.6 is 0 Å². The van der Waals surface area contributed by atoms with Gasteiger partial charge in [0.05, 0.1) is 17.8 Å². The fourth-order valence-electron chi connectivity index (χ4n) is 2.55. The molecule has 0 bridgehead atoms. The standard InChI is InChI=1S/C19H16F2N2O6/c20-18(21)29-13-7-5-12(6-8-13)22-15-4-2-1-3-14(15)17(25)28-11-16(24)23-9-10-27-19(23)26/h1-8,18,22H,9-11H2. The van der Waals surface area contributed by atoms with Crippen molar-refractivity contribution in [3.63, 3.8) is 0 Å². The van der Waals surface area contributed by atoms with Crippen LogP contribution in [-0.4, -0.2) is 49.2 Å². The van der Waals surface area contributed by atoms with E-state index in [1.165, 1.54) is 30.3 Å². The van der Waals surface area contributed by atoms with Crippen molar-refractivity contribution in [3.05, 3.63) is 54.1 Å². The largest absolute Gasteiger partial charge is 0.452 e. The van der Waals surface area contributed by atoms with Crippen LogP contribution in [0, 0.1) is 0 Å². The maximum absolute atomic E-state index is 12.4. The highest BCUT2D eigenvalue weighted by Gasteiger charge is 2.29. The van der Waals surface area contributed by atoms with Gasteiger partial charge in [0.15, 0.2) is 6.61 Å². The number of ether oxygens (including phenoxy) is 3. The fraction of sp³-hybridized carbons (Fsp3) is 0.211. The zero-order valence-corrected chi connectivity index (χ0v) is 15.0. The molecule has 10 heteroatoms. The highest BCUT2D eigenvalue weighted by atomic mass is 19.3. The highest BCUT2D eigenvalue weighted by Crippen LogP contribution is 2.24. The van der Waals surface area contributed by atoms with E-state index in [-0.39, 0.29) is 24.5 Å². The summed E-state index contributed by atoms with van der Waals surface area (Å²) in [6.07, 6.45) is -0.771. The minimum absolute atomic E-state index is 0.00260. The molecule has 0 radical (unpaired) electrons. The van der Waals surface area contributed by atoms with Crippen molar-refractivity contribution in [3.8, 4) is 5.75 Å². The predicted octanol–water partition coefficient (Wildman–Crippen LogP) is 3.17. The van der Waals surface area contributed by atoms with Crippen LogP contribution < -0.4 is 10.1 Å². The van der Waals surface area contributed by atoms with Gasteiger partial charge in [-0.05, 0) is 36.4 Å². The van der Waals surface area contributed by atoms with Crippen molar-refractivity contribution in [1.29, 1.82) is 0 Å². The van der Waals surface area contributed by atoms with Gasteiger partial charge in [0.1, 0.15) is 12.4 Å². The van der Waals surface area contributed by atoms with Crippen molar-refractivity contribution < 1.29 is 37.4 Å². The Labute approximate surface area is 164 Å². The molecule has 2 aromatic rings. The lowest BCUT2D eigenvalue weighted by molar-refractivity contribution is -0.131. The fourth-order valence-corrected chi connectivity index (χ4v) is 2.55. The number of carbonyl (C=O) groups is 3. The Morgan fingerprint density at radius 1 is 1.14 bits per heavy atom. The Bertz CT molecular complexity index is 904. The molecule has 0 aromatic heterocycles. The number of anilines is 2. The Hall–Kier alpha value is -3.69. The number of benzene rings is 2. The van der Waals surface area contributed by atoms with Crippen LogP contribution in [0.5, 0.6) is 5.75 Å². The number of imide groups is 1. The average molecular weight is 406 g/mol. The number of esters is 1. The first kappa shape index (κ1) is 20.1. The van der Waals surface area contributed by atoms with E-state index >= 15 is 0 Å². The van der Waals surface area contributed by atoms with Crippen molar-refractivity contribution in [1.82, 2.24) is 4.90 Å². The lowest BCUT2D eigenvalue weighted by atomic mass is 10.1. The molecule has 1 aliphatic heterocycles. The van der Waals surface area contributed by atoms with Gasteiger partial charge in [-0.1, -0.05) is 12.1 Å². The Balaban J connectivity index is 1.64. The first-order valence-electron chi connectivity index (χ1n) is 8.49. The first-order chi connectivity index (χ1) is 13.9. The number of hydrogen-bond donors (Lipinski definition) is 1. The molecule has 152 valence electrons. The molecule has 3 rings (SSSR count). The van der Waals surface area contributed by atoms with Gasteiger partial charge in [0, 0.05) is 5.69 Å². The number of cyclic esters (lactones) is 1. The van der Waals surface area contributed by atoms with Crippen LogP contribution in [0.15, 0.2) is 48.5 Å². The lowest BCUT2D eigenvalue weighted by Gasteiger charge is -2.14. The minimum Gasteiger partial charge on any atom is -0.452 e. The molecule has 8 nitrogen and oxygen atoms in total. The van der Waals surface area contributed by atoms with E-state index in [4.69, 9.17) is 4.74 Å². The molecule has 0 aliphatic carbocycles. The Morgan fingerprint density at radius 3 is 2.52 bits per heavy atom. The summed E-state index contributed by atoms with van der Waals surface area (Å²) in [6.45, 7) is -3.32. The van der Waals surface area contributed by atoms with E-state index in [0.29, 0.717) is 11.4 Å². The normalized spacial score (nSPS) is 13.2. The molecule has 1 aliphatic rings. The van der Waals surface area contributed by atoms with E-state index in [2.05, 4.69) is 14.8 Å². The lowest BCUT2D eigenvalue weighted by Crippen LogP contribution is -2.35. The molecule has 1 saturated heterocycles. The average Bonchev–Trinajstić information content (AvgIpc) is 3.13. The van der Waals surface area contributed by atoms with Crippen LogP contribution in [0.25, 0.3) is 0 Å². The summed E-state index contributed by atoms with van der Waals surface area (Å²) in [5.74, 6) is -1.45. The molecule has 1 N–H and O–H groups in total. The number of carbonyl (C=O) groups excluding carboxylic acids is 3. The number of para-hydroxylation sites is 1. The summed E-state index contributed by atoms with van der Waals surface area (Å²) >= 11 is 0. The molecule has 0 saturated carbocycles. The number of rotatable bonds is 7. The van der Waals surface area contributed by atoms with Gasteiger partial charge in [0.25, 0.3) is 5.91 Å². The smallest absolute Gasteiger partial charge is 0.416 e. The number of halogens is 2. The Morgan fingerprint density at radius 2 is 1.86 bits per heavy atom. The number of alkyl halides is 2. The number of hydrogen-bond acceptors (Lipinski definition) is 7. The van der Waals surface area contributed by atoms with Crippen LogP contribution in [0.3, 0.4) is 0 Å². The SMILES string of the molecule is O=C(OCC(=O)N1CCOC1=O)c1ccccc1Nc1ccc(OC(F)F)cc1. The molecule has 1 fully saturated rings. The van der Waals surface area contributed by atoms with Gasteiger partial charge in [-0.2, -0.15) is 8.78 Å². The van der Waals surface area contributed by atoms with Gasteiger partial charge in [-0.25, -0.2) is 14.5 Å². The molecule has 0 atom stereocenters. The van der Waals surface area contributed by atoms with E-state index in [0.717, 1.165) is 4.90 Å². The second kappa shape index (κ2) is 9.00. The van der Waals surface area contributed by atoms with Gasteiger partial charge in [0.2, 0.25) is 0 Å². The molecule has 29 heavy (non-hydrogen) atoms. The number of nitrogens with zero attached hydrogens (tertiary/aromatic N) is 1. The van der Waals surface area contributed by atoms with Crippen LogP contribution in [0.2, 0.25) is 0 Å². The molecule has 1 heterocycles. The molecular weight excluding hydrogens is 390 g/mol. The second-order valence-electron chi connectivity index (χ2n) is 5.81. The summed E-state index contributed by atoms with van der Waals surface area (Å²) in [6, 6.07) is 12.1. The van der Waals surface area contributed by atoms with Crippen LogP contribution in [0.1, 0.15) is 10.4 Å². The van der Waals surface area contributed by atoms with Crippen molar-refractivity contribution in [2.75, 3.05) is 25.1 Å². The summed E-state index contributed by atoms with van der Waals surface area (Å²) in [4.78, 5) is 36.5. The maximum Gasteiger partial charge on any atom is 0.416 e. The first-order valence-corrected chi connectivity index (χ1v) is 8.49. The molecule has 0 unspecified atom stereocenters. The van der Waals surface area contributed by atoms with Crippen molar-refractivity contribution in [2.45, 2.75) is 6.61 Å². The predicted molar refractivity (Wildman–Crippen MR) is 96.1 cm³/mol. The van der Waals surface area contributed by atoms with Crippen molar-refractivity contribution >= 4 is 29.3 Å². The highest BCUT2D eigenvalue weighted by molar-refractivity contribution is 5.99. The second-order valence-corrected chi connectivity index (χ2v) is 5.81. The van der Waals surface area contributed by atoms with Gasteiger partial charge in [-0.3, -0.25) is 4.79 Å². The summed E-state index contributed by atoms with van der Waals surface area (Å²) < 4.78 is 38.4. The van der Waals surface area contributed by atoms with Gasteiger partial charge >= 0.3 is 18.7 Å². The molecular formula is C19H16F2N2O6. The summed E-state index contributed by atoms with van der Waals surface area (Å²) in [5, 5.41) is 2.97. The van der Waals surface area contributed by atoms with Crippen molar-refractivity contribution in [2.24, 2.45) is 0 Å². The Kier molecular flexibility index (Phi) is 6.22. The zero-order valence-electron chi connectivity index (χ0n) is 15.0. The third-order valence-corrected chi connectivity index (χ3v) is 3.89. The topological polar surface area (TPSA) is 94.2 Å². The van der Waals surface area contributed by atoms with E-state index in [1.54, 1.807) is 18.2 Å². The maximum atomic E-state index is 12.4. The van der Waals surface area contributed by atoms with Crippen LogP contribution in [-0.2, 0) is 14.3 Å². The van der Waals surface area contributed by atoms with Crippen LogP contribution in [0.4, 0.5) is 25.0 Å². The summed E-state index contributed by atoms with van der Waals surface area (Å²) in [7, 11) is 0.